The maximum atomic E-state index is 12.5. The molecule has 3 heterocycles. The summed E-state index contributed by atoms with van der Waals surface area (Å²) in [6.45, 7) is 0.548. The molecule has 0 unspecified atom stereocenters. The van der Waals surface area contributed by atoms with Crippen LogP contribution in [0.4, 0.5) is 0 Å². The van der Waals surface area contributed by atoms with Crippen molar-refractivity contribution in [1.29, 1.82) is 0 Å². The highest BCUT2D eigenvalue weighted by atomic mass is 32.2. The molecule has 4 rings (SSSR count). The van der Waals surface area contributed by atoms with Crippen LogP contribution < -0.4 is 14.8 Å². The number of nitrogens with zero attached hydrogens (tertiary/aromatic N) is 2. The van der Waals surface area contributed by atoms with Crippen molar-refractivity contribution in [1.82, 2.24) is 10.3 Å². The summed E-state index contributed by atoms with van der Waals surface area (Å²) in [5.74, 6) is 0.590. The highest BCUT2D eigenvalue weighted by Gasteiger charge is 2.37. The van der Waals surface area contributed by atoms with Crippen LogP contribution in [0.3, 0.4) is 0 Å². The number of hydrazone groups is 1. The highest BCUT2D eigenvalue weighted by Crippen LogP contribution is 2.30. The third-order valence-electron chi connectivity index (χ3n) is 4.93. The molecule has 1 aromatic carbocycles. The average Bonchev–Trinajstić information content (AvgIpc) is 3.06. The van der Waals surface area contributed by atoms with Gasteiger partial charge in [-0.25, -0.2) is 13.4 Å². The van der Waals surface area contributed by atoms with Gasteiger partial charge in [-0.05, 0) is 18.6 Å². The van der Waals surface area contributed by atoms with Crippen LogP contribution in [0.2, 0.25) is 0 Å². The lowest BCUT2D eigenvalue weighted by atomic mass is 10.1. The summed E-state index contributed by atoms with van der Waals surface area (Å²) in [6, 6.07) is 6.82. The van der Waals surface area contributed by atoms with E-state index in [9.17, 15) is 18.0 Å². The Labute approximate surface area is 162 Å². The maximum Gasteiger partial charge on any atom is 0.267 e. The maximum absolute atomic E-state index is 12.5. The Morgan fingerprint density at radius 3 is 2.79 bits per heavy atom. The number of para-hydroxylation sites is 2. The van der Waals surface area contributed by atoms with Crippen LogP contribution in [0.1, 0.15) is 19.3 Å². The number of carbonyl (C=O) groups is 2. The molecule has 10 heteroatoms. The van der Waals surface area contributed by atoms with Crippen LogP contribution in [-0.4, -0.2) is 67.8 Å². The molecule has 1 fully saturated rings. The van der Waals surface area contributed by atoms with E-state index in [1.807, 2.05) is 18.2 Å². The van der Waals surface area contributed by atoms with Gasteiger partial charge in [0.15, 0.2) is 21.3 Å². The van der Waals surface area contributed by atoms with Gasteiger partial charge in [0.2, 0.25) is 5.91 Å². The van der Waals surface area contributed by atoms with Crippen molar-refractivity contribution in [2.24, 2.45) is 5.10 Å². The van der Waals surface area contributed by atoms with Gasteiger partial charge in [-0.1, -0.05) is 12.1 Å². The van der Waals surface area contributed by atoms with Crippen LogP contribution in [0.25, 0.3) is 0 Å². The molecular weight excluding hydrogens is 386 g/mol. The molecule has 0 aromatic heterocycles. The molecular formula is C18H21N3O6S. The highest BCUT2D eigenvalue weighted by molar-refractivity contribution is 7.91. The number of hydrogen-bond donors (Lipinski definition) is 1. The smallest absolute Gasteiger partial charge is 0.267 e. The summed E-state index contributed by atoms with van der Waals surface area (Å²) in [7, 11) is -3.15. The molecule has 2 atom stereocenters. The van der Waals surface area contributed by atoms with E-state index in [2.05, 4.69) is 10.4 Å². The standard InChI is InChI=1S/C18H21N3O6S/c22-17-6-5-14(20-21(17)12-7-8-28(24,25)11-12)18(23)19-9-13-10-26-15-3-1-2-4-16(15)27-13/h1-4,12-13H,5-11H2,(H,19,23)/t12-,13-/m0/s1. The van der Waals surface area contributed by atoms with E-state index < -0.39 is 15.9 Å². The third-order valence-corrected chi connectivity index (χ3v) is 6.68. The molecule has 0 aliphatic carbocycles. The summed E-state index contributed by atoms with van der Waals surface area (Å²) < 4.78 is 34.8. The number of amides is 2. The molecule has 1 aromatic rings. The second kappa shape index (κ2) is 7.42. The van der Waals surface area contributed by atoms with Crippen molar-refractivity contribution >= 4 is 27.4 Å². The van der Waals surface area contributed by atoms with Gasteiger partial charge in [0.05, 0.1) is 24.1 Å². The fourth-order valence-electron chi connectivity index (χ4n) is 3.46. The minimum absolute atomic E-state index is 0.0407. The summed E-state index contributed by atoms with van der Waals surface area (Å²) in [6.07, 6.45) is 0.380. The summed E-state index contributed by atoms with van der Waals surface area (Å²) in [5, 5.41) is 8.11. The van der Waals surface area contributed by atoms with Gasteiger partial charge in [0.25, 0.3) is 5.91 Å². The molecule has 1 saturated heterocycles. The predicted octanol–water partition coefficient (Wildman–Crippen LogP) is 0.108. The number of ether oxygens (including phenoxy) is 2. The second-order valence-electron chi connectivity index (χ2n) is 7.05. The number of fused-ring (bicyclic) bond motifs is 1. The number of benzene rings is 1. The van der Waals surface area contributed by atoms with Crippen LogP contribution in [0.15, 0.2) is 29.4 Å². The first kappa shape index (κ1) is 18.7. The lowest BCUT2D eigenvalue weighted by Gasteiger charge is -2.28. The topological polar surface area (TPSA) is 114 Å². The molecule has 9 nitrogen and oxygen atoms in total. The van der Waals surface area contributed by atoms with Gasteiger partial charge in [-0.3, -0.25) is 9.59 Å². The summed E-state index contributed by atoms with van der Waals surface area (Å²) in [4.78, 5) is 24.6. The van der Waals surface area contributed by atoms with Gasteiger partial charge in [0.1, 0.15) is 18.4 Å². The van der Waals surface area contributed by atoms with Gasteiger partial charge in [-0.15, -0.1) is 0 Å². The quantitative estimate of drug-likeness (QED) is 0.758. The van der Waals surface area contributed by atoms with Crippen LogP contribution in [0, 0.1) is 0 Å². The lowest BCUT2D eigenvalue weighted by molar-refractivity contribution is -0.133. The molecule has 28 heavy (non-hydrogen) atoms. The predicted molar refractivity (Wildman–Crippen MR) is 99.9 cm³/mol. The van der Waals surface area contributed by atoms with Gasteiger partial charge in [-0.2, -0.15) is 5.10 Å². The Kier molecular flexibility index (Phi) is 4.96. The zero-order valence-corrected chi connectivity index (χ0v) is 16.0. The van der Waals surface area contributed by atoms with Gasteiger partial charge in [0, 0.05) is 12.8 Å². The molecule has 150 valence electrons. The Balaban J connectivity index is 1.37. The van der Waals surface area contributed by atoms with Gasteiger partial charge < -0.3 is 14.8 Å². The Morgan fingerprint density at radius 2 is 2.04 bits per heavy atom. The molecule has 3 aliphatic heterocycles. The van der Waals surface area contributed by atoms with E-state index in [-0.39, 0.29) is 54.5 Å². The van der Waals surface area contributed by atoms with E-state index in [0.717, 1.165) is 0 Å². The number of hydrogen-bond acceptors (Lipinski definition) is 7. The van der Waals surface area contributed by atoms with Crippen molar-refractivity contribution in [3.05, 3.63) is 24.3 Å². The lowest BCUT2D eigenvalue weighted by Crippen LogP contribution is -2.46. The number of carbonyl (C=O) groups excluding carboxylic acids is 2. The first-order valence-corrected chi connectivity index (χ1v) is 11.0. The van der Waals surface area contributed by atoms with E-state index in [1.54, 1.807) is 6.07 Å². The molecule has 0 spiro atoms. The van der Waals surface area contributed by atoms with Crippen LogP contribution in [0.5, 0.6) is 11.5 Å². The Morgan fingerprint density at radius 1 is 1.25 bits per heavy atom. The molecule has 0 saturated carbocycles. The van der Waals surface area contributed by atoms with Gasteiger partial charge >= 0.3 is 0 Å². The minimum Gasteiger partial charge on any atom is -0.486 e. The molecule has 1 N–H and O–H groups in total. The van der Waals surface area contributed by atoms with Crippen LogP contribution in [-0.2, 0) is 19.4 Å². The fourth-order valence-corrected chi connectivity index (χ4v) is 5.15. The molecule has 0 radical (unpaired) electrons. The summed E-state index contributed by atoms with van der Waals surface area (Å²) in [5.41, 5.74) is 0.223. The van der Waals surface area contributed by atoms with Crippen molar-refractivity contribution in [2.75, 3.05) is 24.7 Å². The first-order chi connectivity index (χ1) is 13.4. The van der Waals surface area contributed by atoms with E-state index in [4.69, 9.17) is 9.47 Å². The van der Waals surface area contributed by atoms with E-state index in [0.29, 0.717) is 24.5 Å². The van der Waals surface area contributed by atoms with Crippen molar-refractivity contribution in [2.45, 2.75) is 31.4 Å². The Bertz CT molecular complexity index is 929. The van der Waals surface area contributed by atoms with Crippen molar-refractivity contribution in [3.8, 4) is 11.5 Å². The third kappa shape index (κ3) is 3.96. The second-order valence-corrected chi connectivity index (χ2v) is 9.28. The molecule has 2 amide bonds. The summed E-state index contributed by atoms with van der Waals surface area (Å²) >= 11 is 0. The zero-order valence-electron chi connectivity index (χ0n) is 15.2. The fraction of sp³-hybridized carbons (Fsp3) is 0.500. The first-order valence-electron chi connectivity index (χ1n) is 9.18. The minimum atomic E-state index is -3.15. The van der Waals surface area contributed by atoms with E-state index in [1.165, 1.54) is 5.01 Å². The molecule has 0 bridgehead atoms. The van der Waals surface area contributed by atoms with Crippen molar-refractivity contribution < 1.29 is 27.5 Å². The number of rotatable bonds is 4. The largest absolute Gasteiger partial charge is 0.486 e. The van der Waals surface area contributed by atoms with Crippen LogP contribution >= 0.6 is 0 Å². The zero-order chi connectivity index (χ0) is 19.7. The molecule has 3 aliphatic rings. The van der Waals surface area contributed by atoms with E-state index >= 15 is 0 Å². The van der Waals surface area contributed by atoms with Crippen molar-refractivity contribution in [3.63, 3.8) is 0 Å². The monoisotopic (exact) mass is 407 g/mol. The number of sulfone groups is 1. The normalized spacial score (nSPS) is 25.9. The number of nitrogens with one attached hydrogen (secondary N) is 1. The average molecular weight is 407 g/mol. The SMILES string of the molecule is O=C(NC[C@H]1COc2ccccc2O1)C1=NN([C@H]2CCS(=O)(=O)C2)C(=O)CC1. The Hall–Kier alpha value is -2.62.